The van der Waals surface area contributed by atoms with Gasteiger partial charge in [-0.2, -0.15) is 4.98 Å². The van der Waals surface area contributed by atoms with Crippen molar-refractivity contribution in [1.29, 1.82) is 5.41 Å². The zero-order chi connectivity index (χ0) is 12.3. The molecule has 1 aliphatic carbocycles. The summed E-state index contributed by atoms with van der Waals surface area (Å²) in [5.74, 6) is 0.638. The maximum Gasteiger partial charge on any atom is 0.317 e. The van der Waals surface area contributed by atoms with Crippen LogP contribution >= 0.6 is 0 Å². The Hall–Kier alpha value is -1.65. The van der Waals surface area contributed by atoms with Crippen molar-refractivity contribution in [1.82, 2.24) is 9.97 Å². The summed E-state index contributed by atoms with van der Waals surface area (Å²) in [5.41, 5.74) is 5.79. The first-order valence-electron chi connectivity index (χ1n) is 5.99. The standard InChI is InChI=1S/C12H18N4O/c1-8-3-2-4-9(7-8)17-12-15-6-5-10(16-12)11(13)14/h5-6,8-9H,2-4,7H2,1H3,(H3,13,14). The summed E-state index contributed by atoms with van der Waals surface area (Å²) in [7, 11) is 0. The Bertz CT molecular complexity index is 407. The second kappa shape index (κ2) is 5.12. The number of nitrogens with zero attached hydrogens (tertiary/aromatic N) is 2. The average Bonchev–Trinajstić information content (AvgIpc) is 2.29. The normalized spacial score (nSPS) is 24.3. The molecular weight excluding hydrogens is 216 g/mol. The fourth-order valence-corrected chi connectivity index (χ4v) is 2.18. The second-order valence-corrected chi connectivity index (χ2v) is 4.65. The molecular formula is C12H18N4O. The van der Waals surface area contributed by atoms with E-state index in [2.05, 4.69) is 16.9 Å². The van der Waals surface area contributed by atoms with Crippen LogP contribution in [0.3, 0.4) is 0 Å². The minimum atomic E-state index is -0.0609. The van der Waals surface area contributed by atoms with Crippen LogP contribution in [-0.2, 0) is 0 Å². The molecule has 0 saturated heterocycles. The Morgan fingerprint density at radius 1 is 1.53 bits per heavy atom. The molecule has 1 heterocycles. The van der Waals surface area contributed by atoms with E-state index in [1.54, 1.807) is 12.3 Å². The number of nitrogen functional groups attached to an aromatic ring is 1. The highest BCUT2D eigenvalue weighted by Crippen LogP contribution is 2.26. The van der Waals surface area contributed by atoms with Gasteiger partial charge in [-0.15, -0.1) is 0 Å². The summed E-state index contributed by atoms with van der Waals surface area (Å²) in [6.45, 7) is 2.24. The van der Waals surface area contributed by atoms with Gasteiger partial charge in [-0.25, -0.2) is 4.98 Å². The number of aromatic nitrogens is 2. The van der Waals surface area contributed by atoms with Crippen molar-refractivity contribution < 1.29 is 4.74 Å². The van der Waals surface area contributed by atoms with Gasteiger partial charge < -0.3 is 10.5 Å². The van der Waals surface area contributed by atoms with E-state index in [1.807, 2.05) is 0 Å². The van der Waals surface area contributed by atoms with Crippen molar-refractivity contribution >= 4 is 5.84 Å². The lowest BCUT2D eigenvalue weighted by atomic mass is 9.89. The van der Waals surface area contributed by atoms with Crippen LogP contribution in [0, 0.1) is 11.3 Å². The summed E-state index contributed by atoms with van der Waals surface area (Å²) in [6.07, 6.45) is 6.34. The third-order valence-corrected chi connectivity index (χ3v) is 3.07. The van der Waals surface area contributed by atoms with Crippen molar-refractivity contribution in [2.45, 2.75) is 38.7 Å². The van der Waals surface area contributed by atoms with Gasteiger partial charge in [0.1, 0.15) is 17.6 Å². The predicted molar refractivity (Wildman–Crippen MR) is 65.1 cm³/mol. The van der Waals surface area contributed by atoms with E-state index in [-0.39, 0.29) is 11.9 Å². The molecule has 92 valence electrons. The van der Waals surface area contributed by atoms with Crippen LogP contribution in [0.2, 0.25) is 0 Å². The predicted octanol–water partition coefficient (Wildman–Crippen LogP) is 1.72. The first-order chi connectivity index (χ1) is 8.15. The summed E-state index contributed by atoms with van der Waals surface area (Å²) in [6, 6.07) is 1.94. The number of nitrogens with two attached hydrogens (primary N) is 1. The number of ether oxygens (including phenoxy) is 1. The SMILES string of the molecule is CC1CCCC(Oc2nccc(C(=N)N)n2)C1. The van der Waals surface area contributed by atoms with Crippen LogP contribution in [0.5, 0.6) is 6.01 Å². The van der Waals surface area contributed by atoms with Gasteiger partial charge in [0.05, 0.1) is 0 Å². The molecule has 0 spiro atoms. The molecule has 3 N–H and O–H groups in total. The fraction of sp³-hybridized carbons (Fsp3) is 0.583. The zero-order valence-electron chi connectivity index (χ0n) is 10.0. The highest BCUT2D eigenvalue weighted by Gasteiger charge is 2.21. The number of hydrogen-bond acceptors (Lipinski definition) is 4. The number of rotatable bonds is 3. The molecule has 0 aliphatic heterocycles. The van der Waals surface area contributed by atoms with E-state index in [0.717, 1.165) is 12.8 Å². The third-order valence-electron chi connectivity index (χ3n) is 3.07. The van der Waals surface area contributed by atoms with Crippen molar-refractivity contribution in [2.75, 3.05) is 0 Å². The van der Waals surface area contributed by atoms with Gasteiger partial charge in [0.25, 0.3) is 0 Å². The van der Waals surface area contributed by atoms with Gasteiger partial charge in [0.2, 0.25) is 0 Å². The van der Waals surface area contributed by atoms with Crippen molar-refractivity contribution in [3.8, 4) is 6.01 Å². The summed E-state index contributed by atoms with van der Waals surface area (Å²) >= 11 is 0. The molecule has 5 nitrogen and oxygen atoms in total. The summed E-state index contributed by atoms with van der Waals surface area (Å²) in [4.78, 5) is 8.16. The molecule has 1 aliphatic rings. The lowest BCUT2D eigenvalue weighted by Crippen LogP contribution is -2.25. The van der Waals surface area contributed by atoms with Gasteiger partial charge >= 0.3 is 6.01 Å². The van der Waals surface area contributed by atoms with Crippen LogP contribution in [0.15, 0.2) is 12.3 Å². The Labute approximate surface area is 101 Å². The van der Waals surface area contributed by atoms with Crippen LogP contribution in [0.4, 0.5) is 0 Å². The van der Waals surface area contributed by atoms with Crippen molar-refractivity contribution in [3.05, 3.63) is 18.0 Å². The summed E-state index contributed by atoms with van der Waals surface area (Å²) in [5, 5.41) is 7.32. The molecule has 1 aromatic heterocycles. The van der Waals surface area contributed by atoms with Crippen molar-refractivity contribution in [2.24, 2.45) is 11.7 Å². The Morgan fingerprint density at radius 3 is 3.06 bits per heavy atom. The van der Waals surface area contributed by atoms with Crippen LogP contribution < -0.4 is 10.5 Å². The smallest absolute Gasteiger partial charge is 0.317 e. The van der Waals surface area contributed by atoms with E-state index >= 15 is 0 Å². The van der Waals surface area contributed by atoms with E-state index in [4.69, 9.17) is 15.9 Å². The molecule has 2 unspecified atom stereocenters. The molecule has 0 aromatic carbocycles. The Balaban J connectivity index is 2.02. The quantitative estimate of drug-likeness (QED) is 0.616. The van der Waals surface area contributed by atoms with Gasteiger partial charge in [-0.05, 0) is 31.2 Å². The van der Waals surface area contributed by atoms with Crippen LogP contribution in [0.25, 0.3) is 0 Å². The van der Waals surface area contributed by atoms with Crippen LogP contribution in [0.1, 0.15) is 38.3 Å². The molecule has 1 fully saturated rings. The largest absolute Gasteiger partial charge is 0.460 e. The molecule has 0 bridgehead atoms. The molecule has 5 heteroatoms. The minimum Gasteiger partial charge on any atom is -0.460 e. The highest BCUT2D eigenvalue weighted by atomic mass is 16.5. The molecule has 17 heavy (non-hydrogen) atoms. The van der Waals surface area contributed by atoms with Gasteiger partial charge in [-0.3, -0.25) is 5.41 Å². The zero-order valence-corrected chi connectivity index (χ0v) is 10.0. The van der Waals surface area contributed by atoms with Gasteiger partial charge in [0, 0.05) is 6.20 Å². The Morgan fingerprint density at radius 2 is 2.35 bits per heavy atom. The maximum absolute atomic E-state index is 7.32. The molecule has 1 saturated carbocycles. The van der Waals surface area contributed by atoms with Gasteiger partial charge in [0.15, 0.2) is 0 Å². The van der Waals surface area contributed by atoms with E-state index < -0.39 is 0 Å². The number of nitrogens with one attached hydrogen (secondary N) is 1. The average molecular weight is 234 g/mol. The monoisotopic (exact) mass is 234 g/mol. The van der Waals surface area contributed by atoms with Crippen LogP contribution in [-0.4, -0.2) is 21.9 Å². The van der Waals surface area contributed by atoms with E-state index in [0.29, 0.717) is 17.6 Å². The molecule has 0 amide bonds. The first-order valence-corrected chi connectivity index (χ1v) is 5.99. The third kappa shape index (κ3) is 3.15. The molecule has 0 radical (unpaired) electrons. The van der Waals surface area contributed by atoms with Crippen molar-refractivity contribution in [3.63, 3.8) is 0 Å². The Kier molecular flexibility index (Phi) is 3.56. The fourth-order valence-electron chi connectivity index (χ4n) is 2.18. The number of hydrogen-bond donors (Lipinski definition) is 2. The van der Waals surface area contributed by atoms with Gasteiger partial charge in [-0.1, -0.05) is 13.3 Å². The molecule has 1 aromatic rings. The highest BCUT2D eigenvalue weighted by molar-refractivity contribution is 5.92. The topological polar surface area (TPSA) is 84.9 Å². The first kappa shape index (κ1) is 11.8. The lowest BCUT2D eigenvalue weighted by molar-refractivity contribution is 0.118. The van der Waals surface area contributed by atoms with E-state index in [1.165, 1.54) is 12.8 Å². The van der Waals surface area contributed by atoms with E-state index in [9.17, 15) is 0 Å². The molecule has 2 rings (SSSR count). The maximum atomic E-state index is 7.32. The number of amidine groups is 1. The molecule has 2 atom stereocenters. The lowest BCUT2D eigenvalue weighted by Gasteiger charge is -2.26. The minimum absolute atomic E-state index is 0.0609. The second-order valence-electron chi connectivity index (χ2n) is 4.65. The summed E-state index contributed by atoms with van der Waals surface area (Å²) < 4.78 is 5.74.